The molecule has 1 aromatic carbocycles. The van der Waals surface area contributed by atoms with Crippen LogP contribution in [-0.4, -0.2) is 18.9 Å². The van der Waals surface area contributed by atoms with E-state index in [9.17, 15) is 9.59 Å². The van der Waals surface area contributed by atoms with Gasteiger partial charge in [-0.25, -0.2) is 0 Å². The number of esters is 1. The van der Waals surface area contributed by atoms with Gasteiger partial charge in [0, 0.05) is 12.8 Å². The number of carbonyl (C=O) groups is 2. The van der Waals surface area contributed by atoms with Crippen LogP contribution in [0.15, 0.2) is 24.3 Å². The number of carbonyl (C=O) groups excluding carboxylic acids is 2. The van der Waals surface area contributed by atoms with Gasteiger partial charge in [-0.05, 0) is 42.7 Å². The van der Waals surface area contributed by atoms with Gasteiger partial charge in [0.2, 0.25) is 0 Å². The van der Waals surface area contributed by atoms with Crippen LogP contribution in [0.3, 0.4) is 0 Å². The number of fused-ring (bicyclic) bond motifs is 1. The number of aryl methyl sites for hydroxylation is 1. The van der Waals surface area contributed by atoms with Gasteiger partial charge in [0.15, 0.2) is 0 Å². The van der Waals surface area contributed by atoms with Crippen molar-refractivity contribution in [3.05, 3.63) is 35.4 Å². The SMILES string of the molecule is COC(=O)CCC(=O)CCC1CCCc2ccccc21. The highest BCUT2D eigenvalue weighted by Gasteiger charge is 2.20. The lowest BCUT2D eigenvalue weighted by molar-refractivity contribution is -0.141. The summed E-state index contributed by atoms with van der Waals surface area (Å²) in [6, 6.07) is 8.55. The summed E-state index contributed by atoms with van der Waals surface area (Å²) >= 11 is 0. The molecular weight excluding hydrogens is 252 g/mol. The van der Waals surface area contributed by atoms with Crippen molar-refractivity contribution in [1.29, 1.82) is 0 Å². The number of ether oxygens (including phenoxy) is 1. The molecule has 0 spiro atoms. The maximum atomic E-state index is 11.8. The van der Waals surface area contributed by atoms with E-state index in [4.69, 9.17) is 0 Å². The molecule has 0 aliphatic heterocycles. The van der Waals surface area contributed by atoms with E-state index in [0.717, 1.165) is 12.8 Å². The standard InChI is InChI=1S/C17H22O3/c1-20-17(19)12-11-15(18)10-9-14-7-4-6-13-5-2-3-8-16(13)14/h2-3,5,8,14H,4,6-7,9-12H2,1H3. The maximum Gasteiger partial charge on any atom is 0.305 e. The number of rotatable bonds is 6. The molecule has 2 rings (SSSR count). The van der Waals surface area contributed by atoms with Crippen LogP contribution in [0.1, 0.15) is 55.6 Å². The summed E-state index contributed by atoms with van der Waals surface area (Å²) in [5, 5.41) is 0. The summed E-state index contributed by atoms with van der Waals surface area (Å²) in [6.45, 7) is 0. The fourth-order valence-corrected chi connectivity index (χ4v) is 2.96. The average Bonchev–Trinajstić information content (AvgIpc) is 2.50. The highest BCUT2D eigenvalue weighted by Crippen LogP contribution is 2.34. The van der Waals surface area contributed by atoms with Crippen molar-refractivity contribution in [1.82, 2.24) is 0 Å². The van der Waals surface area contributed by atoms with Gasteiger partial charge in [-0.1, -0.05) is 24.3 Å². The third kappa shape index (κ3) is 3.92. The summed E-state index contributed by atoms with van der Waals surface area (Å²) in [5.41, 5.74) is 2.85. The Hall–Kier alpha value is -1.64. The molecule has 0 heterocycles. The second kappa shape index (κ2) is 7.22. The molecule has 0 fully saturated rings. The Labute approximate surface area is 120 Å². The lowest BCUT2D eigenvalue weighted by Gasteiger charge is -2.25. The molecule has 3 nitrogen and oxygen atoms in total. The minimum atomic E-state index is -0.304. The summed E-state index contributed by atoms with van der Waals surface area (Å²) < 4.78 is 4.55. The Kier molecular flexibility index (Phi) is 5.33. The molecule has 108 valence electrons. The summed E-state index contributed by atoms with van der Waals surface area (Å²) in [6.07, 6.45) is 5.51. The molecule has 0 amide bonds. The van der Waals surface area contributed by atoms with E-state index in [1.54, 1.807) is 0 Å². The van der Waals surface area contributed by atoms with Crippen LogP contribution in [0.5, 0.6) is 0 Å². The third-order valence-corrected chi connectivity index (χ3v) is 4.10. The van der Waals surface area contributed by atoms with E-state index in [2.05, 4.69) is 29.0 Å². The Bertz CT molecular complexity index is 479. The number of ketones is 1. The molecule has 0 radical (unpaired) electrons. The maximum absolute atomic E-state index is 11.8. The molecule has 0 N–H and O–H groups in total. The van der Waals surface area contributed by atoms with Gasteiger partial charge in [-0.2, -0.15) is 0 Å². The molecule has 1 aliphatic carbocycles. The summed E-state index contributed by atoms with van der Waals surface area (Å²) in [7, 11) is 1.35. The number of hydrogen-bond donors (Lipinski definition) is 0. The van der Waals surface area contributed by atoms with E-state index in [1.165, 1.54) is 31.1 Å². The second-order valence-corrected chi connectivity index (χ2v) is 5.44. The van der Waals surface area contributed by atoms with E-state index < -0.39 is 0 Å². The van der Waals surface area contributed by atoms with Crippen molar-refractivity contribution in [3.8, 4) is 0 Å². The quantitative estimate of drug-likeness (QED) is 0.747. The van der Waals surface area contributed by atoms with Crippen LogP contribution in [0, 0.1) is 0 Å². The van der Waals surface area contributed by atoms with Crippen LogP contribution in [0.25, 0.3) is 0 Å². The van der Waals surface area contributed by atoms with Crippen molar-refractivity contribution in [2.24, 2.45) is 0 Å². The predicted octanol–water partition coefficient (Wildman–Crippen LogP) is 3.41. The molecule has 1 aliphatic rings. The largest absolute Gasteiger partial charge is 0.469 e. The zero-order chi connectivity index (χ0) is 14.4. The van der Waals surface area contributed by atoms with Crippen LogP contribution >= 0.6 is 0 Å². The lowest BCUT2D eigenvalue weighted by Crippen LogP contribution is -2.12. The molecule has 0 saturated carbocycles. The zero-order valence-corrected chi connectivity index (χ0v) is 12.1. The van der Waals surface area contributed by atoms with Crippen LogP contribution in [-0.2, 0) is 20.7 Å². The minimum absolute atomic E-state index is 0.165. The molecule has 20 heavy (non-hydrogen) atoms. The summed E-state index contributed by atoms with van der Waals surface area (Å²) in [4.78, 5) is 22.8. The molecule has 0 saturated heterocycles. The molecule has 1 aromatic rings. The van der Waals surface area contributed by atoms with Gasteiger partial charge in [0.1, 0.15) is 5.78 Å². The first-order valence-corrected chi connectivity index (χ1v) is 7.37. The van der Waals surface area contributed by atoms with Gasteiger partial charge in [0.05, 0.1) is 13.5 Å². The first-order valence-electron chi connectivity index (χ1n) is 7.37. The van der Waals surface area contributed by atoms with Crippen molar-refractivity contribution >= 4 is 11.8 Å². The Balaban J connectivity index is 1.83. The average molecular weight is 274 g/mol. The van der Waals surface area contributed by atoms with Crippen molar-refractivity contribution in [3.63, 3.8) is 0 Å². The van der Waals surface area contributed by atoms with Gasteiger partial charge in [-0.15, -0.1) is 0 Å². The van der Waals surface area contributed by atoms with Crippen LogP contribution in [0.4, 0.5) is 0 Å². The Morgan fingerprint density at radius 1 is 1.20 bits per heavy atom. The highest BCUT2D eigenvalue weighted by atomic mass is 16.5. The molecular formula is C17H22O3. The molecule has 3 heteroatoms. The smallest absolute Gasteiger partial charge is 0.305 e. The number of hydrogen-bond acceptors (Lipinski definition) is 3. The Morgan fingerprint density at radius 2 is 2.00 bits per heavy atom. The summed E-state index contributed by atoms with van der Waals surface area (Å²) in [5.74, 6) is 0.363. The molecule has 1 atom stereocenters. The Morgan fingerprint density at radius 3 is 2.80 bits per heavy atom. The van der Waals surface area contributed by atoms with E-state index in [0.29, 0.717) is 18.8 Å². The van der Waals surface area contributed by atoms with Crippen molar-refractivity contribution in [2.75, 3.05) is 7.11 Å². The van der Waals surface area contributed by atoms with Crippen molar-refractivity contribution < 1.29 is 14.3 Å². The lowest BCUT2D eigenvalue weighted by atomic mass is 9.80. The molecule has 0 bridgehead atoms. The van der Waals surface area contributed by atoms with E-state index in [-0.39, 0.29) is 18.2 Å². The van der Waals surface area contributed by atoms with Gasteiger partial charge in [-0.3, -0.25) is 9.59 Å². The second-order valence-electron chi connectivity index (χ2n) is 5.44. The number of methoxy groups -OCH3 is 1. The van der Waals surface area contributed by atoms with Gasteiger partial charge < -0.3 is 4.74 Å². The number of Topliss-reactive ketones (excluding diaryl/α,β-unsaturated/α-hetero) is 1. The van der Waals surface area contributed by atoms with Gasteiger partial charge in [0.25, 0.3) is 0 Å². The minimum Gasteiger partial charge on any atom is -0.469 e. The third-order valence-electron chi connectivity index (χ3n) is 4.10. The zero-order valence-electron chi connectivity index (χ0n) is 12.1. The van der Waals surface area contributed by atoms with Crippen LogP contribution in [0.2, 0.25) is 0 Å². The first-order chi connectivity index (χ1) is 9.70. The monoisotopic (exact) mass is 274 g/mol. The van der Waals surface area contributed by atoms with E-state index >= 15 is 0 Å². The predicted molar refractivity (Wildman–Crippen MR) is 77.6 cm³/mol. The highest BCUT2D eigenvalue weighted by molar-refractivity contribution is 5.82. The fourth-order valence-electron chi connectivity index (χ4n) is 2.96. The molecule has 1 unspecified atom stereocenters. The van der Waals surface area contributed by atoms with Gasteiger partial charge >= 0.3 is 5.97 Å². The fraction of sp³-hybridized carbons (Fsp3) is 0.529. The van der Waals surface area contributed by atoms with Crippen LogP contribution < -0.4 is 0 Å². The number of benzene rings is 1. The topological polar surface area (TPSA) is 43.4 Å². The van der Waals surface area contributed by atoms with Crippen molar-refractivity contribution in [2.45, 2.75) is 50.9 Å². The molecule has 0 aromatic heterocycles. The first kappa shape index (κ1) is 14.8. The van der Waals surface area contributed by atoms with E-state index in [1.807, 2.05) is 0 Å². The normalized spacial score (nSPS) is 17.4.